The molecule has 0 radical (unpaired) electrons. The number of nitriles is 1. The Balaban J connectivity index is 2.05. The summed E-state index contributed by atoms with van der Waals surface area (Å²) in [6, 6.07) is 2.08. The highest BCUT2D eigenvalue weighted by Crippen LogP contribution is 2.14. The first-order valence-corrected chi connectivity index (χ1v) is 4.98. The van der Waals surface area contributed by atoms with Crippen molar-refractivity contribution >= 4 is 0 Å². The van der Waals surface area contributed by atoms with Crippen molar-refractivity contribution in [2.24, 2.45) is 7.05 Å². The summed E-state index contributed by atoms with van der Waals surface area (Å²) in [5.41, 5.74) is 0.831. The average molecular weight is 217 g/mol. The Kier molecular flexibility index (Phi) is 2.96. The molecule has 2 heterocycles. The lowest BCUT2D eigenvalue weighted by atomic mass is 10.2. The Morgan fingerprint density at radius 3 is 3.12 bits per heavy atom. The minimum Gasteiger partial charge on any atom is -0.339 e. The summed E-state index contributed by atoms with van der Waals surface area (Å²) in [7, 11) is 1.83. The van der Waals surface area contributed by atoms with E-state index in [0.29, 0.717) is 24.6 Å². The van der Waals surface area contributed by atoms with Gasteiger partial charge in [-0.1, -0.05) is 5.16 Å². The van der Waals surface area contributed by atoms with Crippen LogP contribution in [0.5, 0.6) is 0 Å². The van der Waals surface area contributed by atoms with E-state index >= 15 is 0 Å². The van der Waals surface area contributed by atoms with E-state index in [1.165, 1.54) is 0 Å². The summed E-state index contributed by atoms with van der Waals surface area (Å²) in [5, 5.41) is 16.3. The van der Waals surface area contributed by atoms with E-state index in [4.69, 9.17) is 9.78 Å². The van der Waals surface area contributed by atoms with Gasteiger partial charge in [-0.3, -0.25) is 4.68 Å². The summed E-state index contributed by atoms with van der Waals surface area (Å²) in [5.74, 6) is 1.11. The molecule has 6 heteroatoms. The Bertz CT molecular complexity index is 507. The van der Waals surface area contributed by atoms with E-state index in [0.717, 1.165) is 12.0 Å². The van der Waals surface area contributed by atoms with Crippen LogP contribution in [0.1, 0.15) is 18.7 Å². The summed E-state index contributed by atoms with van der Waals surface area (Å²) in [6.07, 6.45) is 5.39. The number of rotatable bonds is 4. The van der Waals surface area contributed by atoms with Gasteiger partial charge in [0.1, 0.15) is 0 Å². The highest BCUT2D eigenvalue weighted by atomic mass is 16.5. The van der Waals surface area contributed by atoms with Gasteiger partial charge < -0.3 is 4.52 Å². The van der Waals surface area contributed by atoms with Crippen molar-refractivity contribution in [3.63, 3.8) is 0 Å². The van der Waals surface area contributed by atoms with Gasteiger partial charge in [0.2, 0.25) is 11.7 Å². The molecule has 0 saturated carbocycles. The van der Waals surface area contributed by atoms with Crippen LogP contribution in [-0.2, 0) is 13.5 Å². The fourth-order valence-electron chi connectivity index (χ4n) is 1.33. The van der Waals surface area contributed by atoms with Crippen LogP contribution in [-0.4, -0.2) is 19.9 Å². The number of aromatic nitrogens is 4. The average Bonchev–Trinajstić information content (AvgIpc) is 2.87. The van der Waals surface area contributed by atoms with E-state index in [-0.39, 0.29) is 0 Å². The second kappa shape index (κ2) is 4.57. The maximum absolute atomic E-state index is 8.40. The van der Waals surface area contributed by atoms with Crippen LogP contribution < -0.4 is 0 Å². The SMILES string of the molecule is Cn1cc(-c2noc(CCCC#N)n2)cn1. The van der Waals surface area contributed by atoms with Gasteiger partial charge in [0.15, 0.2) is 0 Å². The second-order valence-electron chi connectivity index (χ2n) is 3.43. The van der Waals surface area contributed by atoms with Gasteiger partial charge in [0.25, 0.3) is 0 Å². The third-order valence-corrected chi connectivity index (χ3v) is 2.11. The molecule has 6 nitrogen and oxygen atoms in total. The molecular weight excluding hydrogens is 206 g/mol. The molecule has 0 aliphatic carbocycles. The molecule has 0 unspecified atom stereocenters. The Hall–Kier alpha value is -2.16. The van der Waals surface area contributed by atoms with E-state index in [1.807, 2.05) is 13.2 Å². The minimum absolute atomic E-state index is 0.505. The van der Waals surface area contributed by atoms with Gasteiger partial charge in [-0.05, 0) is 6.42 Å². The zero-order chi connectivity index (χ0) is 11.4. The molecule has 0 aromatic carbocycles. The van der Waals surface area contributed by atoms with Crippen LogP contribution in [0, 0.1) is 11.3 Å². The molecule has 0 N–H and O–H groups in total. The van der Waals surface area contributed by atoms with Crippen LogP contribution in [0.2, 0.25) is 0 Å². The largest absolute Gasteiger partial charge is 0.339 e. The van der Waals surface area contributed by atoms with Gasteiger partial charge in [-0.2, -0.15) is 15.3 Å². The molecule has 0 atom stereocenters. The quantitative estimate of drug-likeness (QED) is 0.721. The summed E-state index contributed by atoms with van der Waals surface area (Å²) in [4.78, 5) is 4.23. The number of nitrogens with zero attached hydrogens (tertiary/aromatic N) is 5. The number of hydrogen-bond donors (Lipinski definition) is 0. The van der Waals surface area contributed by atoms with Gasteiger partial charge in [-0.25, -0.2) is 0 Å². The number of unbranched alkanes of at least 4 members (excludes halogenated alkanes) is 1. The molecule has 2 rings (SSSR count). The fraction of sp³-hybridized carbons (Fsp3) is 0.400. The van der Waals surface area contributed by atoms with Crippen molar-refractivity contribution in [1.82, 2.24) is 19.9 Å². The predicted octanol–water partition coefficient (Wildman–Crippen LogP) is 1.32. The highest BCUT2D eigenvalue weighted by molar-refractivity contribution is 5.50. The molecule has 0 bridgehead atoms. The predicted molar refractivity (Wildman–Crippen MR) is 55.1 cm³/mol. The van der Waals surface area contributed by atoms with Gasteiger partial charge >= 0.3 is 0 Å². The van der Waals surface area contributed by atoms with Gasteiger partial charge in [0.05, 0.1) is 17.8 Å². The summed E-state index contributed by atoms with van der Waals surface area (Å²) < 4.78 is 6.75. The van der Waals surface area contributed by atoms with E-state index in [1.54, 1.807) is 10.9 Å². The molecule has 2 aromatic heterocycles. The van der Waals surface area contributed by atoms with E-state index in [9.17, 15) is 0 Å². The highest BCUT2D eigenvalue weighted by Gasteiger charge is 2.09. The maximum Gasteiger partial charge on any atom is 0.226 e. The maximum atomic E-state index is 8.40. The second-order valence-corrected chi connectivity index (χ2v) is 3.43. The van der Waals surface area contributed by atoms with Crippen molar-refractivity contribution in [3.05, 3.63) is 18.3 Å². The monoisotopic (exact) mass is 217 g/mol. The minimum atomic E-state index is 0.505. The first-order valence-electron chi connectivity index (χ1n) is 4.98. The molecule has 0 aliphatic heterocycles. The van der Waals surface area contributed by atoms with Crippen LogP contribution in [0.25, 0.3) is 11.4 Å². The zero-order valence-electron chi connectivity index (χ0n) is 8.92. The zero-order valence-corrected chi connectivity index (χ0v) is 8.92. The first kappa shape index (κ1) is 10.4. The van der Waals surface area contributed by atoms with Crippen LogP contribution in [0.15, 0.2) is 16.9 Å². The Morgan fingerprint density at radius 1 is 1.56 bits per heavy atom. The standard InChI is InChI=1S/C10H11N5O/c1-15-7-8(6-12-15)10-13-9(16-14-10)4-2-3-5-11/h6-7H,2-4H2,1H3. The third kappa shape index (κ3) is 2.25. The summed E-state index contributed by atoms with van der Waals surface area (Å²) >= 11 is 0. The molecular formula is C10H11N5O. The molecule has 0 saturated heterocycles. The van der Waals surface area contributed by atoms with Gasteiger partial charge in [0, 0.05) is 26.1 Å². The van der Waals surface area contributed by atoms with Crippen LogP contribution in [0.4, 0.5) is 0 Å². The molecule has 0 fully saturated rings. The van der Waals surface area contributed by atoms with Crippen LogP contribution >= 0.6 is 0 Å². The Labute approximate surface area is 92.5 Å². The lowest BCUT2D eigenvalue weighted by molar-refractivity contribution is 0.376. The van der Waals surface area contributed by atoms with Crippen molar-refractivity contribution in [3.8, 4) is 17.5 Å². The first-order chi connectivity index (χ1) is 7.79. The summed E-state index contributed by atoms with van der Waals surface area (Å²) in [6.45, 7) is 0. The van der Waals surface area contributed by atoms with Crippen LogP contribution in [0.3, 0.4) is 0 Å². The van der Waals surface area contributed by atoms with E-state index in [2.05, 4.69) is 21.3 Å². The molecule has 0 aliphatic rings. The smallest absolute Gasteiger partial charge is 0.226 e. The topological polar surface area (TPSA) is 80.5 Å². The van der Waals surface area contributed by atoms with Crippen molar-refractivity contribution in [2.75, 3.05) is 0 Å². The molecule has 0 spiro atoms. The molecule has 82 valence electrons. The molecule has 2 aromatic rings. The van der Waals surface area contributed by atoms with Crippen molar-refractivity contribution in [2.45, 2.75) is 19.3 Å². The van der Waals surface area contributed by atoms with Crippen molar-refractivity contribution in [1.29, 1.82) is 5.26 Å². The fourth-order valence-corrected chi connectivity index (χ4v) is 1.33. The van der Waals surface area contributed by atoms with Gasteiger partial charge in [-0.15, -0.1) is 0 Å². The number of aryl methyl sites for hydroxylation is 2. The lowest BCUT2D eigenvalue weighted by Crippen LogP contribution is -1.85. The normalized spacial score (nSPS) is 10.2. The third-order valence-electron chi connectivity index (χ3n) is 2.11. The number of hydrogen-bond acceptors (Lipinski definition) is 5. The molecule has 16 heavy (non-hydrogen) atoms. The Morgan fingerprint density at radius 2 is 2.44 bits per heavy atom. The van der Waals surface area contributed by atoms with Crippen molar-refractivity contribution < 1.29 is 4.52 Å². The lowest BCUT2D eigenvalue weighted by Gasteiger charge is -1.86. The van der Waals surface area contributed by atoms with E-state index < -0.39 is 0 Å². The molecule has 0 amide bonds.